The minimum Gasteiger partial charge on any atom is -0.494 e. The molecule has 0 spiro atoms. The second kappa shape index (κ2) is 3.34. The van der Waals surface area contributed by atoms with Crippen molar-refractivity contribution in [2.75, 3.05) is 7.11 Å². The van der Waals surface area contributed by atoms with E-state index >= 15 is 0 Å². The van der Waals surface area contributed by atoms with Gasteiger partial charge < -0.3 is 9.84 Å². The zero-order chi connectivity index (χ0) is 8.27. The van der Waals surface area contributed by atoms with Crippen LogP contribution >= 0.6 is 0 Å². The topological polar surface area (TPSA) is 29.5 Å². The van der Waals surface area contributed by atoms with E-state index in [4.69, 9.17) is 5.11 Å². The summed E-state index contributed by atoms with van der Waals surface area (Å²) >= 11 is 0. The van der Waals surface area contributed by atoms with Gasteiger partial charge in [-0.2, -0.15) is 0 Å². The Balaban J connectivity index is 2.99. The van der Waals surface area contributed by atoms with Crippen molar-refractivity contribution in [3.05, 3.63) is 36.2 Å². The molecule has 0 saturated heterocycles. The molecule has 0 aliphatic rings. The Bertz CT molecular complexity index is 248. The van der Waals surface area contributed by atoms with E-state index in [1.54, 1.807) is 6.07 Å². The minimum absolute atomic E-state index is 0.176. The van der Waals surface area contributed by atoms with E-state index in [9.17, 15) is 4.39 Å². The third-order valence-corrected chi connectivity index (χ3v) is 1.32. The zero-order valence-corrected chi connectivity index (χ0v) is 6.04. The van der Waals surface area contributed by atoms with E-state index in [2.05, 4.69) is 4.74 Å². The van der Waals surface area contributed by atoms with Crippen LogP contribution in [0.3, 0.4) is 0 Å². The van der Waals surface area contributed by atoms with E-state index in [0.29, 0.717) is 5.56 Å². The monoisotopic (exact) mass is 155 g/mol. The summed E-state index contributed by atoms with van der Waals surface area (Å²) in [5.41, 5.74) is 0.420. The summed E-state index contributed by atoms with van der Waals surface area (Å²) < 4.78 is 17.5. The molecule has 0 unspecified atom stereocenters. The van der Waals surface area contributed by atoms with E-state index in [0.717, 1.165) is 6.61 Å². The van der Waals surface area contributed by atoms with E-state index < -0.39 is 5.82 Å². The predicted octanol–water partition coefficient (Wildman–Crippen LogP) is 1.72. The molecule has 3 heteroatoms. The highest BCUT2D eigenvalue weighted by Crippen LogP contribution is 2.17. The maximum absolute atomic E-state index is 12.8. The second-order valence-corrected chi connectivity index (χ2v) is 2.02. The van der Waals surface area contributed by atoms with Gasteiger partial charge in [0.1, 0.15) is 6.61 Å². The Morgan fingerprint density at radius 2 is 2.27 bits per heavy atom. The number of hydrogen-bond donors (Lipinski definition) is 1. The van der Waals surface area contributed by atoms with Gasteiger partial charge in [-0.1, -0.05) is 6.07 Å². The van der Waals surface area contributed by atoms with Gasteiger partial charge in [0.05, 0.1) is 7.11 Å². The molecule has 1 rings (SSSR count). The average molecular weight is 155 g/mol. The van der Waals surface area contributed by atoms with Gasteiger partial charge in [0.25, 0.3) is 0 Å². The smallest absolute Gasteiger partial charge is 0.165 e. The molecule has 1 aromatic rings. The van der Waals surface area contributed by atoms with Crippen LogP contribution in [-0.4, -0.2) is 12.2 Å². The van der Waals surface area contributed by atoms with Crippen molar-refractivity contribution in [3.63, 3.8) is 0 Å². The molecule has 1 radical (unpaired) electrons. The van der Waals surface area contributed by atoms with E-state index in [-0.39, 0.29) is 5.75 Å². The number of methoxy groups -OCH3 is 1. The van der Waals surface area contributed by atoms with Crippen LogP contribution < -0.4 is 4.74 Å². The first-order valence-electron chi connectivity index (χ1n) is 3.09. The van der Waals surface area contributed by atoms with Gasteiger partial charge in [-0.25, -0.2) is 4.39 Å². The molecule has 0 heterocycles. The maximum Gasteiger partial charge on any atom is 0.165 e. The third-order valence-electron chi connectivity index (χ3n) is 1.32. The summed E-state index contributed by atoms with van der Waals surface area (Å²) in [6.07, 6.45) is 0. The standard InChI is InChI=1S/C8H8FO2/c1-11-8-3-2-6(5-10)4-7(8)9/h2-5,10H,1H3. The molecule has 0 atom stereocenters. The molecule has 0 aliphatic heterocycles. The molecule has 1 aromatic carbocycles. The average Bonchev–Trinajstić information content (AvgIpc) is 2.04. The van der Waals surface area contributed by atoms with E-state index in [1.807, 2.05) is 0 Å². The van der Waals surface area contributed by atoms with Crippen LogP contribution in [0.2, 0.25) is 0 Å². The lowest BCUT2D eigenvalue weighted by atomic mass is 10.2. The Morgan fingerprint density at radius 3 is 2.73 bits per heavy atom. The normalized spacial score (nSPS) is 9.73. The summed E-state index contributed by atoms with van der Waals surface area (Å²) in [5.74, 6) is -0.300. The molecular weight excluding hydrogens is 147 g/mol. The number of hydrogen-bond acceptors (Lipinski definition) is 2. The molecular formula is C8H8FO2. The summed E-state index contributed by atoms with van der Waals surface area (Å²) in [6.45, 7) is 0.836. The first kappa shape index (κ1) is 8.01. The minimum atomic E-state index is -0.477. The Labute approximate surface area is 64.2 Å². The summed E-state index contributed by atoms with van der Waals surface area (Å²) in [6, 6.07) is 4.21. The molecule has 1 N–H and O–H groups in total. The lowest BCUT2D eigenvalue weighted by molar-refractivity contribution is 0.384. The van der Waals surface area contributed by atoms with Gasteiger partial charge in [0.2, 0.25) is 0 Å². The highest BCUT2D eigenvalue weighted by molar-refractivity contribution is 5.31. The molecule has 0 fully saturated rings. The largest absolute Gasteiger partial charge is 0.494 e. The first-order valence-corrected chi connectivity index (χ1v) is 3.09. The fourth-order valence-corrected chi connectivity index (χ4v) is 0.763. The second-order valence-electron chi connectivity index (χ2n) is 2.02. The van der Waals surface area contributed by atoms with Crippen molar-refractivity contribution in [2.24, 2.45) is 0 Å². The van der Waals surface area contributed by atoms with Crippen LogP contribution in [0.25, 0.3) is 0 Å². The van der Waals surface area contributed by atoms with Crippen molar-refractivity contribution < 1.29 is 14.2 Å². The van der Waals surface area contributed by atoms with Crippen LogP contribution in [0, 0.1) is 12.4 Å². The van der Waals surface area contributed by atoms with Crippen molar-refractivity contribution in [2.45, 2.75) is 0 Å². The molecule has 11 heavy (non-hydrogen) atoms. The molecule has 0 aliphatic carbocycles. The summed E-state index contributed by atoms with van der Waals surface area (Å²) in [4.78, 5) is 0. The quantitative estimate of drug-likeness (QED) is 0.704. The predicted molar refractivity (Wildman–Crippen MR) is 38.3 cm³/mol. The Morgan fingerprint density at radius 1 is 1.55 bits per heavy atom. The van der Waals surface area contributed by atoms with Gasteiger partial charge in [-0.05, 0) is 17.7 Å². The van der Waals surface area contributed by atoms with Crippen LogP contribution in [-0.2, 0) is 0 Å². The lowest BCUT2D eigenvalue weighted by Crippen LogP contribution is -1.89. The zero-order valence-electron chi connectivity index (χ0n) is 6.04. The number of rotatable bonds is 2. The van der Waals surface area contributed by atoms with Gasteiger partial charge in [-0.15, -0.1) is 0 Å². The van der Waals surface area contributed by atoms with Crippen LogP contribution in [0.5, 0.6) is 5.75 Å². The molecule has 0 amide bonds. The summed E-state index contributed by atoms with van der Waals surface area (Å²) in [5, 5.41) is 8.49. The van der Waals surface area contributed by atoms with Crippen molar-refractivity contribution in [3.8, 4) is 5.75 Å². The Kier molecular flexibility index (Phi) is 2.44. The third kappa shape index (κ3) is 1.68. The fourth-order valence-electron chi connectivity index (χ4n) is 0.763. The van der Waals surface area contributed by atoms with Crippen molar-refractivity contribution in [1.29, 1.82) is 0 Å². The van der Waals surface area contributed by atoms with Crippen molar-refractivity contribution in [1.82, 2.24) is 0 Å². The number of halogens is 1. The lowest BCUT2D eigenvalue weighted by Gasteiger charge is -2.01. The molecule has 59 valence electrons. The molecule has 0 bridgehead atoms. The maximum atomic E-state index is 12.8. The number of ether oxygens (including phenoxy) is 1. The number of aliphatic hydroxyl groups is 1. The molecule has 2 nitrogen and oxygen atoms in total. The Hall–Kier alpha value is -1.09. The van der Waals surface area contributed by atoms with Crippen LogP contribution in [0.4, 0.5) is 4.39 Å². The van der Waals surface area contributed by atoms with Crippen molar-refractivity contribution >= 4 is 0 Å². The van der Waals surface area contributed by atoms with Gasteiger partial charge in [0.15, 0.2) is 11.6 Å². The number of benzene rings is 1. The first-order chi connectivity index (χ1) is 5.27. The highest BCUT2D eigenvalue weighted by Gasteiger charge is 2.01. The van der Waals surface area contributed by atoms with Gasteiger partial charge >= 0.3 is 0 Å². The number of aliphatic hydroxyl groups excluding tert-OH is 1. The van der Waals surface area contributed by atoms with Gasteiger partial charge in [-0.3, -0.25) is 0 Å². The van der Waals surface area contributed by atoms with Crippen LogP contribution in [0.1, 0.15) is 5.56 Å². The fraction of sp³-hybridized carbons (Fsp3) is 0.125. The van der Waals surface area contributed by atoms with Gasteiger partial charge in [0, 0.05) is 0 Å². The van der Waals surface area contributed by atoms with Crippen LogP contribution in [0.15, 0.2) is 18.2 Å². The molecule has 0 saturated carbocycles. The molecule has 0 aromatic heterocycles. The SMILES string of the molecule is COc1ccc([CH]O)cc1F. The summed E-state index contributed by atoms with van der Waals surface area (Å²) in [7, 11) is 1.39. The highest BCUT2D eigenvalue weighted by atomic mass is 19.1. The van der Waals surface area contributed by atoms with E-state index in [1.165, 1.54) is 19.2 Å².